The van der Waals surface area contributed by atoms with E-state index in [1.165, 1.54) is 31.0 Å². The molecule has 4 aliphatic rings. The highest BCUT2D eigenvalue weighted by Gasteiger charge is 2.49. The van der Waals surface area contributed by atoms with Crippen LogP contribution in [-0.4, -0.2) is 37.5 Å². The lowest BCUT2D eigenvalue weighted by molar-refractivity contribution is 0.597. The molecule has 166 valence electrons. The number of benzene rings is 2. The van der Waals surface area contributed by atoms with Gasteiger partial charge in [0.25, 0.3) is 0 Å². The third-order valence-electron chi connectivity index (χ3n) is 6.88. The lowest BCUT2D eigenvalue weighted by Gasteiger charge is -2.24. The van der Waals surface area contributed by atoms with Crippen LogP contribution in [0.3, 0.4) is 0 Å². The van der Waals surface area contributed by atoms with Gasteiger partial charge in [0.1, 0.15) is 17.9 Å². The summed E-state index contributed by atoms with van der Waals surface area (Å²) in [7, 11) is -3.31. The summed E-state index contributed by atoms with van der Waals surface area (Å²) in [6.45, 7) is 1.60. The van der Waals surface area contributed by atoms with Crippen molar-refractivity contribution in [2.75, 3.05) is 5.75 Å². The van der Waals surface area contributed by atoms with Crippen molar-refractivity contribution in [3.63, 3.8) is 0 Å². The Morgan fingerprint density at radius 2 is 1.85 bits per heavy atom. The first-order valence-corrected chi connectivity index (χ1v) is 12.8. The van der Waals surface area contributed by atoms with E-state index in [0.29, 0.717) is 28.7 Å². The normalized spacial score (nSPS) is 25.4. The Kier molecular flexibility index (Phi) is 4.43. The highest BCUT2D eigenvalue weighted by Crippen LogP contribution is 2.46. The molecule has 6 rings (SSSR count). The topological polar surface area (TPSA) is 71.2 Å². The Morgan fingerprint density at radius 1 is 1.09 bits per heavy atom. The summed E-state index contributed by atoms with van der Waals surface area (Å²) in [5.74, 6) is 0.710. The zero-order valence-electron chi connectivity index (χ0n) is 18.1. The van der Waals surface area contributed by atoms with Crippen molar-refractivity contribution in [3.05, 3.63) is 77.8 Å². The van der Waals surface area contributed by atoms with Crippen molar-refractivity contribution >= 4 is 27.6 Å². The fourth-order valence-electron chi connectivity index (χ4n) is 4.76. The van der Waals surface area contributed by atoms with Crippen LogP contribution in [0.1, 0.15) is 25.3 Å². The number of allylic oxidation sites excluding steroid dienone is 2. The maximum absolute atomic E-state index is 14.8. The zero-order valence-corrected chi connectivity index (χ0v) is 18.9. The molecule has 1 spiro atoms. The van der Waals surface area contributed by atoms with Gasteiger partial charge in [-0.1, -0.05) is 31.2 Å². The molecule has 7 heteroatoms. The van der Waals surface area contributed by atoms with E-state index in [1.54, 1.807) is 37.5 Å². The first-order valence-electron chi connectivity index (χ1n) is 11.2. The van der Waals surface area contributed by atoms with Crippen LogP contribution in [0.2, 0.25) is 0 Å². The van der Waals surface area contributed by atoms with Crippen LogP contribution in [0.5, 0.6) is 0 Å². The van der Waals surface area contributed by atoms with Crippen molar-refractivity contribution in [3.8, 4) is 11.1 Å². The molecule has 0 N–H and O–H groups in total. The minimum atomic E-state index is -3.31. The Balaban J connectivity index is 1.40. The molecule has 1 fully saturated rings. The molecule has 2 atom stereocenters. The Hall–Kier alpha value is -3.19. The minimum absolute atomic E-state index is 0.0217. The summed E-state index contributed by atoms with van der Waals surface area (Å²) < 4.78 is 39.0. The molecule has 0 bridgehead atoms. The molecule has 0 radical (unpaired) electrons. The molecule has 2 aliphatic heterocycles. The predicted molar refractivity (Wildman–Crippen MR) is 128 cm³/mol. The molecule has 1 saturated carbocycles. The molecule has 5 nitrogen and oxygen atoms in total. The standard InChI is InChI=1S/C26H22FN3O2S/c1-2-33(31,32)20-8-5-17(6-9-20)21-13-19(7-10-22(21)27)24-25-26(29-15-28-25)12-11-18(16-3-4-16)14-23(26)30-24/h5-16,18H,2-4H2,1H3. The molecular weight excluding hydrogens is 437 g/mol. The summed E-state index contributed by atoms with van der Waals surface area (Å²) in [5, 5.41) is 0. The van der Waals surface area contributed by atoms with E-state index < -0.39 is 15.4 Å². The second-order valence-corrected chi connectivity index (χ2v) is 11.2. The van der Waals surface area contributed by atoms with Crippen LogP contribution in [-0.2, 0) is 9.84 Å². The predicted octanol–water partition coefficient (Wildman–Crippen LogP) is 4.79. The van der Waals surface area contributed by atoms with Crippen molar-refractivity contribution in [2.24, 2.45) is 26.8 Å². The van der Waals surface area contributed by atoms with E-state index in [-0.39, 0.29) is 16.5 Å². The highest BCUT2D eigenvalue weighted by atomic mass is 32.2. The van der Waals surface area contributed by atoms with Crippen LogP contribution in [0.4, 0.5) is 4.39 Å². The Labute approximate surface area is 192 Å². The largest absolute Gasteiger partial charge is 0.250 e. The minimum Gasteiger partial charge on any atom is -0.250 e. The molecule has 2 heterocycles. The van der Waals surface area contributed by atoms with Crippen LogP contribution in [0.15, 0.2) is 86.3 Å². The van der Waals surface area contributed by atoms with Crippen LogP contribution < -0.4 is 0 Å². The van der Waals surface area contributed by atoms with Crippen molar-refractivity contribution < 1.29 is 12.8 Å². The molecule has 0 aromatic heterocycles. The van der Waals surface area contributed by atoms with E-state index >= 15 is 0 Å². The maximum atomic E-state index is 14.8. The molecule has 2 aliphatic carbocycles. The van der Waals surface area contributed by atoms with Gasteiger partial charge >= 0.3 is 0 Å². The fourth-order valence-corrected chi connectivity index (χ4v) is 5.65. The van der Waals surface area contributed by atoms with E-state index in [1.807, 2.05) is 0 Å². The van der Waals surface area contributed by atoms with E-state index in [9.17, 15) is 12.8 Å². The quantitative estimate of drug-likeness (QED) is 0.603. The highest BCUT2D eigenvalue weighted by molar-refractivity contribution is 7.91. The van der Waals surface area contributed by atoms with Crippen molar-refractivity contribution in [1.29, 1.82) is 0 Å². The van der Waals surface area contributed by atoms with E-state index in [0.717, 1.165) is 17.0 Å². The van der Waals surface area contributed by atoms with Gasteiger partial charge in [-0.05, 0) is 66.6 Å². The number of halogens is 1. The van der Waals surface area contributed by atoms with Crippen LogP contribution >= 0.6 is 0 Å². The first-order chi connectivity index (χ1) is 15.9. The van der Waals surface area contributed by atoms with E-state index in [2.05, 4.69) is 28.2 Å². The SMILES string of the molecule is CCS(=O)(=O)c1ccc(-c2cc(C3=NC4=CC(C5CC5)C=CC45N=CN=C35)ccc2F)cc1. The molecular formula is C26H22FN3O2S. The van der Waals surface area contributed by atoms with Gasteiger partial charge in [0, 0.05) is 11.1 Å². The van der Waals surface area contributed by atoms with Crippen LogP contribution in [0.25, 0.3) is 11.1 Å². The summed E-state index contributed by atoms with van der Waals surface area (Å²) >= 11 is 0. The van der Waals surface area contributed by atoms with Crippen molar-refractivity contribution in [2.45, 2.75) is 30.2 Å². The zero-order chi connectivity index (χ0) is 22.8. The lowest BCUT2D eigenvalue weighted by Crippen LogP contribution is -2.35. The average Bonchev–Trinajstić information content (AvgIpc) is 3.52. The molecule has 33 heavy (non-hydrogen) atoms. The second-order valence-electron chi connectivity index (χ2n) is 8.90. The summed E-state index contributed by atoms with van der Waals surface area (Å²) in [6.07, 6.45) is 10.6. The fraction of sp³-hybridized carbons (Fsp3) is 0.269. The maximum Gasteiger partial charge on any atom is 0.178 e. The Morgan fingerprint density at radius 3 is 2.58 bits per heavy atom. The second kappa shape index (κ2) is 7.15. The average molecular weight is 460 g/mol. The smallest absolute Gasteiger partial charge is 0.178 e. The Bertz CT molecular complexity index is 1430. The molecule has 2 unspecified atom stereocenters. The molecule has 0 amide bonds. The lowest BCUT2D eigenvalue weighted by atomic mass is 9.82. The first kappa shape index (κ1) is 20.4. The summed E-state index contributed by atoms with van der Waals surface area (Å²) in [4.78, 5) is 14.3. The number of rotatable bonds is 5. The van der Waals surface area contributed by atoms with Gasteiger partial charge in [0.05, 0.1) is 22.1 Å². The van der Waals surface area contributed by atoms with Gasteiger partial charge in [-0.2, -0.15) is 0 Å². The van der Waals surface area contributed by atoms with Gasteiger partial charge in [0.15, 0.2) is 15.4 Å². The number of aliphatic imine (C=N–C) groups is 3. The van der Waals surface area contributed by atoms with Crippen LogP contribution in [0, 0.1) is 17.7 Å². The van der Waals surface area contributed by atoms with Gasteiger partial charge in [-0.15, -0.1) is 0 Å². The third-order valence-corrected chi connectivity index (χ3v) is 8.63. The summed E-state index contributed by atoms with van der Waals surface area (Å²) in [5.41, 5.74) is 3.45. The van der Waals surface area contributed by atoms with Gasteiger partial charge in [-0.25, -0.2) is 27.8 Å². The van der Waals surface area contributed by atoms with Gasteiger partial charge in [-0.3, -0.25) is 0 Å². The number of hydrogen-bond acceptors (Lipinski definition) is 5. The third kappa shape index (κ3) is 3.17. The number of hydrogen-bond donors (Lipinski definition) is 0. The number of sulfone groups is 1. The van der Waals surface area contributed by atoms with Crippen molar-refractivity contribution in [1.82, 2.24) is 0 Å². The molecule has 0 saturated heterocycles. The molecule has 2 aromatic carbocycles. The summed E-state index contributed by atoms with van der Waals surface area (Å²) in [6, 6.07) is 11.2. The van der Waals surface area contributed by atoms with Gasteiger partial charge in [0.2, 0.25) is 0 Å². The van der Waals surface area contributed by atoms with Gasteiger partial charge < -0.3 is 0 Å². The van der Waals surface area contributed by atoms with E-state index in [4.69, 9.17) is 4.99 Å². The molecule has 2 aromatic rings. The monoisotopic (exact) mass is 459 g/mol. The number of nitrogens with zero attached hydrogens (tertiary/aromatic N) is 3.